The van der Waals surface area contributed by atoms with Crippen molar-refractivity contribution in [3.63, 3.8) is 0 Å². The Morgan fingerprint density at radius 3 is 2.44 bits per heavy atom. The number of nitrogens with one attached hydrogen (secondary N) is 1. The van der Waals surface area contributed by atoms with Gasteiger partial charge in [0.05, 0.1) is 12.2 Å². The molecule has 1 fully saturated rings. The molecule has 1 saturated carbocycles. The average Bonchev–Trinajstić information content (AvgIpc) is 2.28. The molecule has 1 unspecified atom stereocenters. The highest BCUT2D eigenvalue weighted by atomic mass is 35.5. The third-order valence-corrected chi connectivity index (χ3v) is 3.61. The molecule has 1 aromatic carbocycles. The Balaban J connectivity index is 1.99. The van der Waals surface area contributed by atoms with E-state index in [9.17, 15) is 0 Å². The lowest BCUT2D eigenvalue weighted by Gasteiger charge is -2.31. The van der Waals surface area contributed by atoms with Crippen molar-refractivity contribution in [2.24, 2.45) is 0 Å². The first kappa shape index (κ1) is 13.9. The van der Waals surface area contributed by atoms with Gasteiger partial charge in [-0.1, -0.05) is 37.6 Å². The van der Waals surface area contributed by atoms with Crippen molar-refractivity contribution < 1.29 is 4.74 Å². The first-order chi connectivity index (χ1) is 8.65. The van der Waals surface area contributed by atoms with Crippen LogP contribution in [0.5, 0.6) is 0 Å². The van der Waals surface area contributed by atoms with Gasteiger partial charge in [-0.2, -0.15) is 0 Å². The summed E-state index contributed by atoms with van der Waals surface area (Å²) in [6.45, 7) is 5.17. The fourth-order valence-corrected chi connectivity index (χ4v) is 2.13. The van der Waals surface area contributed by atoms with Crippen LogP contribution in [-0.2, 0) is 4.74 Å². The van der Waals surface area contributed by atoms with Gasteiger partial charge in [0.25, 0.3) is 0 Å². The topological polar surface area (TPSA) is 21.3 Å². The van der Waals surface area contributed by atoms with Crippen molar-refractivity contribution in [2.75, 3.05) is 6.54 Å². The average molecular weight is 268 g/mol. The van der Waals surface area contributed by atoms with Crippen molar-refractivity contribution >= 4 is 11.6 Å². The molecule has 1 aliphatic rings. The third-order valence-electron chi connectivity index (χ3n) is 3.36. The van der Waals surface area contributed by atoms with Gasteiger partial charge in [-0.05, 0) is 37.0 Å². The van der Waals surface area contributed by atoms with Gasteiger partial charge in [0.1, 0.15) is 0 Å². The summed E-state index contributed by atoms with van der Waals surface area (Å²) in [5.74, 6) is 0. The smallest absolute Gasteiger partial charge is 0.0953 e. The number of halogens is 1. The minimum atomic E-state index is 0.134. The van der Waals surface area contributed by atoms with E-state index in [1.54, 1.807) is 0 Å². The second-order valence-electron chi connectivity index (χ2n) is 5.29. The van der Waals surface area contributed by atoms with E-state index < -0.39 is 0 Å². The maximum Gasteiger partial charge on any atom is 0.0953 e. The summed E-state index contributed by atoms with van der Waals surface area (Å²) in [6, 6.07) is 8.47. The molecule has 1 aromatic rings. The summed E-state index contributed by atoms with van der Waals surface area (Å²) in [6.07, 6.45) is 4.28. The zero-order valence-corrected chi connectivity index (χ0v) is 11.9. The quantitative estimate of drug-likeness (QED) is 0.843. The van der Waals surface area contributed by atoms with E-state index in [0.29, 0.717) is 12.1 Å². The van der Waals surface area contributed by atoms with Gasteiger partial charge < -0.3 is 10.1 Å². The Kier molecular flexibility index (Phi) is 5.04. The SMILES string of the molecule is CC(C)NCC(OC1CCC1)c1ccc(Cl)cc1. The molecule has 1 aliphatic carbocycles. The molecule has 2 rings (SSSR count). The Labute approximate surface area is 115 Å². The van der Waals surface area contributed by atoms with Crippen molar-refractivity contribution in [2.45, 2.75) is 51.4 Å². The molecule has 1 N–H and O–H groups in total. The Hall–Kier alpha value is -0.570. The van der Waals surface area contributed by atoms with Crippen molar-refractivity contribution in [1.82, 2.24) is 5.32 Å². The minimum absolute atomic E-state index is 0.134. The number of ether oxygens (including phenoxy) is 1. The van der Waals surface area contributed by atoms with Gasteiger partial charge in [-0.3, -0.25) is 0 Å². The van der Waals surface area contributed by atoms with E-state index in [1.807, 2.05) is 12.1 Å². The molecule has 0 spiro atoms. The molecular formula is C15H22ClNO. The summed E-state index contributed by atoms with van der Waals surface area (Å²) in [5.41, 5.74) is 1.21. The first-order valence-electron chi connectivity index (χ1n) is 6.79. The third kappa shape index (κ3) is 3.98. The highest BCUT2D eigenvalue weighted by molar-refractivity contribution is 6.30. The van der Waals surface area contributed by atoms with Crippen LogP contribution in [0.2, 0.25) is 5.02 Å². The molecule has 0 amide bonds. The second kappa shape index (κ2) is 6.55. The Bertz CT molecular complexity index is 359. The fourth-order valence-electron chi connectivity index (χ4n) is 2.00. The molecule has 0 heterocycles. The molecule has 3 heteroatoms. The molecule has 100 valence electrons. The van der Waals surface area contributed by atoms with Crippen LogP contribution < -0.4 is 5.32 Å². The number of benzene rings is 1. The zero-order chi connectivity index (χ0) is 13.0. The lowest BCUT2D eigenvalue weighted by Crippen LogP contribution is -2.33. The van der Waals surface area contributed by atoms with E-state index in [1.165, 1.54) is 24.8 Å². The van der Waals surface area contributed by atoms with Crippen LogP contribution in [0.3, 0.4) is 0 Å². The number of hydrogen-bond donors (Lipinski definition) is 1. The van der Waals surface area contributed by atoms with Crippen LogP contribution in [-0.4, -0.2) is 18.7 Å². The molecule has 0 saturated heterocycles. The summed E-state index contributed by atoms with van der Waals surface area (Å²) in [7, 11) is 0. The maximum atomic E-state index is 6.16. The molecule has 0 radical (unpaired) electrons. The normalized spacial score (nSPS) is 17.8. The number of hydrogen-bond acceptors (Lipinski definition) is 2. The molecule has 1 atom stereocenters. The standard InChI is InChI=1S/C15H22ClNO/c1-11(2)17-10-15(18-14-4-3-5-14)12-6-8-13(16)9-7-12/h6-9,11,14-15,17H,3-5,10H2,1-2H3. The van der Waals surface area contributed by atoms with Crippen molar-refractivity contribution in [1.29, 1.82) is 0 Å². The molecule has 0 bridgehead atoms. The van der Waals surface area contributed by atoms with Gasteiger partial charge in [0, 0.05) is 17.6 Å². The molecule has 0 aromatic heterocycles. The van der Waals surface area contributed by atoms with Gasteiger partial charge in [0.15, 0.2) is 0 Å². The fraction of sp³-hybridized carbons (Fsp3) is 0.600. The van der Waals surface area contributed by atoms with Gasteiger partial charge in [-0.15, -0.1) is 0 Å². The monoisotopic (exact) mass is 267 g/mol. The second-order valence-corrected chi connectivity index (χ2v) is 5.73. The van der Waals surface area contributed by atoms with Gasteiger partial charge in [-0.25, -0.2) is 0 Å². The van der Waals surface area contributed by atoms with Crippen molar-refractivity contribution in [3.8, 4) is 0 Å². The molecule has 18 heavy (non-hydrogen) atoms. The highest BCUT2D eigenvalue weighted by Gasteiger charge is 2.23. The van der Waals surface area contributed by atoms with Crippen LogP contribution in [0.15, 0.2) is 24.3 Å². The van der Waals surface area contributed by atoms with Crippen LogP contribution >= 0.6 is 11.6 Å². The van der Waals surface area contributed by atoms with Gasteiger partial charge >= 0.3 is 0 Å². The van der Waals surface area contributed by atoms with Crippen LogP contribution in [0.25, 0.3) is 0 Å². The van der Waals surface area contributed by atoms with Gasteiger partial charge in [0.2, 0.25) is 0 Å². The Morgan fingerprint density at radius 2 is 1.94 bits per heavy atom. The summed E-state index contributed by atoms with van der Waals surface area (Å²) < 4.78 is 6.16. The predicted molar refractivity (Wildman–Crippen MR) is 76.1 cm³/mol. The summed E-state index contributed by atoms with van der Waals surface area (Å²) >= 11 is 5.93. The largest absolute Gasteiger partial charge is 0.369 e. The Morgan fingerprint density at radius 1 is 1.28 bits per heavy atom. The molecular weight excluding hydrogens is 246 g/mol. The lowest BCUT2D eigenvalue weighted by atomic mass is 9.95. The van der Waals surface area contributed by atoms with E-state index >= 15 is 0 Å². The van der Waals surface area contributed by atoms with E-state index in [4.69, 9.17) is 16.3 Å². The summed E-state index contributed by atoms with van der Waals surface area (Å²) in [4.78, 5) is 0. The first-order valence-corrected chi connectivity index (χ1v) is 7.17. The minimum Gasteiger partial charge on any atom is -0.369 e. The van der Waals surface area contributed by atoms with Crippen molar-refractivity contribution in [3.05, 3.63) is 34.9 Å². The van der Waals surface area contributed by atoms with Crippen LogP contribution in [0.4, 0.5) is 0 Å². The summed E-state index contributed by atoms with van der Waals surface area (Å²) in [5, 5.41) is 4.23. The highest BCUT2D eigenvalue weighted by Crippen LogP contribution is 2.29. The van der Waals surface area contributed by atoms with E-state index in [0.717, 1.165) is 11.6 Å². The van der Waals surface area contributed by atoms with Crippen LogP contribution in [0.1, 0.15) is 44.8 Å². The molecule has 0 aliphatic heterocycles. The predicted octanol–water partition coefficient (Wildman–Crippen LogP) is 3.95. The van der Waals surface area contributed by atoms with Crippen LogP contribution in [0, 0.1) is 0 Å². The molecule has 2 nitrogen and oxygen atoms in total. The van der Waals surface area contributed by atoms with E-state index in [-0.39, 0.29) is 6.10 Å². The number of rotatable bonds is 6. The van der Waals surface area contributed by atoms with E-state index in [2.05, 4.69) is 31.3 Å². The lowest BCUT2D eigenvalue weighted by molar-refractivity contribution is -0.0525. The zero-order valence-electron chi connectivity index (χ0n) is 11.2. The maximum absolute atomic E-state index is 6.16.